The number of rotatable bonds is 12. The number of carbonyl (C=O) groups excluding carboxylic acids is 2. The Morgan fingerprint density at radius 1 is 1.13 bits per heavy atom. The number of aliphatic hydroxyl groups is 1. The molecule has 2 unspecified atom stereocenters. The molecule has 10 heteroatoms. The van der Waals surface area contributed by atoms with Crippen LogP contribution in [0.4, 0.5) is 4.79 Å². The number of pyridine rings is 1. The van der Waals surface area contributed by atoms with Gasteiger partial charge in [-0.2, -0.15) is 0 Å². The van der Waals surface area contributed by atoms with E-state index < -0.39 is 24.5 Å². The number of hydrogen-bond donors (Lipinski definition) is 3. The summed E-state index contributed by atoms with van der Waals surface area (Å²) in [5.74, 6) is -0.157. The first-order valence-electron chi connectivity index (χ1n) is 13.5. The number of H-pyrrole nitrogens is 1. The summed E-state index contributed by atoms with van der Waals surface area (Å²) in [5, 5.41) is 14.7. The molecule has 2 aromatic heterocycles. The third-order valence-electron chi connectivity index (χ3n) is 6.74. The van der Waals surface area contributed by atoms with Gasteiger partial charge < -0.3 is 34.4 Å². The van der Waals surface area contributed by atoms with Gasteiger partial charge >= 0.3 is 12.1 Å². The number of carbonyl (C=O) groups is 2. The zero-order valence-corrected chi connectivity index (χ0v) is 22.4. The van der Waals surface area contributed by atoms with Crippen molar-refractivity contribution in [2.45, 2.75) is 76.9 Å². The van der Waals surface area contributed by atoms with Crippen molar-refractivity contribution in [3.8, 4) is 5.75 Å². The zero-order chi connectivity index (χ0) is 27.6. The van der Waals surface area contributed by atoms with Crippen LogP contribution >= 0.6 is 0 Å². The number of nitrogens with zero attached hydrogens (tertiary/aromatic N) is 1. The van der Waals surface area contributed by atoms with Crippen LogP contribution in [0.1, 0.15) is 63.2 Å². The van der Waals surface area contributed by atoms with E-state index in [0.717, 1.165) is 60.6 Å². The lowest BCUT2D eigenvalue weighted by molar-refractivity contribution is -0.171. The number of aromatic amines is 1. The van der Waals surface area contributed by atoms with Gasteiger partial charge in [0.1, 0.15) is 11.9 Å². The number of aliphatic hydroxyl groups excluding tert-OH is 1. The first-order chi connectivity index (χ1) is 18.9. The number of fused-ring (bicyclic) bond motifs is 1. The summed E-state index contributed by atoms with van der Waals surface area (Å²) < 4.78 is 21.2. The number of nitrogens with one attached hydrogen (secondary N) is 2. The van der Waals surface area contributed by atoms with E-state index >= 15 is 0 Å². The summed E-state index contributed by atoms with van der Waals surface area (Å²) in [7, 11) is 0. The van der Waals surface area contributed by atoms with Crippen molar-refractivity contribution in [2.75, 3.05) is 13.2 Å². The molecule has 0 aliphatic heterocycles. The van der Waals surface area contributed by atoms with Crippen molar-refractivity contribution in [1.82, 2.24) is 15.3 Å². The first-order valence-corrected chi connectivity index (χ1v) is 13.5. The molecule has 2 heterocycles. The monoisotopic (exact) mass is 539 g/mol. The van der Waals surface area contributed by atoms with Crippen LogP contribution in [0.2, 0.25) is 0 Å². The summed E-state index contributed by atoms with van der Waals surface area (Å²) in [5.41, 5.74) is 2.61. The Kier molecular flexibility index (Phi) is 10.2. The highest BCUT2D eigenvalue weighted by Gasteiger charge is 2.22. The molecule has 1 aliphatic rings. The number of hydrogen-bond acceptors (Lipinski definition) is 9. The highest BCUT2D eigenvalue weighted by atomic mass is 16.8. The molecular formula is C29H37N3O7. The molecule has 1 aliphatic carbocycles. The molecule has 1 fully saturated rings. The number of benzene rings is 1. The van der Waals surface area contributed by atoms with E-state index in [1.165, 1.54) is 6.92 Å². The standard InChI is InChI=1S/C29H37N3O7/c1-19(31-17-25(33)21-8-7-13-30-15-21)14-22-16-32-28-24(22)11-6-12-26(28)36-18-27(34)37-20(2)38-29(35)39-23-9-4-3-5-10-23/h6-8,11-13,15-16,19-20,23,25,31-33H,3-5,9-10,14,17-18H2,1-2H3/t19-,20?,25?/m1/s1. The Morgan fingerprint density at radius 2 is 1.95 bits per heavy atom. The largest absolute Gasteiger partial charge is 0.511 e. The van der Waals surface area contributed by atoms with E-state index in [1.807, 2.05) is 24.4 Å². The molecule has 39 heavy (non-hydrogen) atoms. The molecule has 0 radical (unpaired) electrons. The molecule has 4 rings (SSSR count). The van der Waals surface area contributed by atoms with E-state index in [2.05, 4.69) is 22.2 Å². The van der Waals surface area contributed by atoms with Gasteiger partial charge in [0.15, 0.2) is 6.61 Å². The molecule has 210 valence electrons. The average Bonchev–Trinajstić information content (AvgIpc) is 3.34. The molecule has 3 atom stereocenters. The lowest BCUT2D eigenvalue weighted by Crippen LogP contribution is -2.32. The van der Waals surface area contributed by atoms with E-state index in [1.54, 1.807) is 24.5 Å². The molecular weight excluding hydrogens is 502 g/mol. The highest BCUT2D eigenvalue weighted by Crippen LogP contribution is 2.28. The summed E-state index contributed by atoms with van der Waals surface area (Å²) >= 11 is 0. The number of aromatic nitrogens is 2. The van der Waals surface area contributed by atoms with Gasteiger partial charge in [-0.15, -0.1) is 0 Å². The van der Waals surface area contributed by atoms with Crippen molar-refractivity contribution in [3.63, 3.8) is 0 Å². The molecule has 10 nitrogen and oxygen atoms in total. The smallest absolute Gasteiger partial charge is 0.480 e. The van der Waals surface area contributed by atoms with E-state index in [0.29, 0.717) is 12.3 Å². The molecule has 1 saturated carbocycles. The minimum absolute atomic E-state index is 0.0983. The Labute approximate surface area is 228 Å². The van der Waals surface area contributed by atoms with Crippen LogP contribution in [0.5, 0.6) is 5.75 Å². The molecule has 0 spiro atoms. The van der Waals surface area contributed by atoms with Gasteiger partial charge in [0.05, 0.1) is 11.6 Å². The fraction of sp³-hybridized carbons (Fsp3) is 0.483. The second-order valence-corrected chi connectivity index (χ2v) is 9.90. The van der Waals surface area contributed by atoms with Gasteiger partial charge in [-0.3, -0.25) is 4.98 Å². The van der Waals surface area contributed by atoms with E-state index in [-0.39, 0.29) is 18.8 Å². The fourth-order valence-electron chi connectivity index (χ4n) is 4.74. The van der Waals surface area contributed by atoms with Gasteiger partial charge in [0, 0.05) is 49.1 Å². The van der Waals surface area contributed by atoms with E-state index in [4.69, 9.17) is 18.9 Å². The maximum atomic E-state index is 12.3. The summed E-state index contributed by atoms with van der Waals surface area (Å²) in [6.45, 7) is 3.58. The summed E-state index contributed by atoms with van der Waals surface area (Å²) in [6.07, 6.45) is 8.14. The average molecular weight is 540 g/mol. The quantitative estimate of drug-likeness (QED) is 0.224. The second kappa shape index (κ2) is 14.0. The predicted molar refractivity (Wildman–Crippen MR) is 144 cm³/mol. The normalized spacial score (nSPS) is 16.3. The van der Waals surface area contributed by atoms with Crippen molar-refractivity contribution in [2.24, 2.45) is 0 Å². The molecule has 3 N–H and O–H groups in total. The highest BCUT2D eigenvalue weighted by molar-refractivity contribution is 5.88. The minimum Gasteiger partial charge on any atom is -0.480 e. The summed E-state index contributed by atoms with van der Waals surface area (Å²) in [4.78, 5) is 31.5. The van der Waals surface area contributed by atoms with Crippen LogP contribution in [0.15, 0.2) is 48.9 Å². The lowest BCUT2D eigenvalue weighted by atomic mass is 9.98. The zero-order valence-electron chi connectivity index (χ0n) is 22.4. The number of para-hydroxylation sites is 1. The first kappa shape index (κ1) is 28.4. The molecule has 1 aromatic carbocycles. The van der Waals surface area contributed by atoms with Crippen LogP contribution in [0, 0.1) is 0 Å². The van der Waals surface area contributed by atoms with Crippen LogP contribution in [-0.2, 0) is 25.4 Å². The van der Waals surface area contributed by atoms with Crippen LogP contribution < -0.4 is 10.1 Å². The van der Waals surface area contributed by atoms with Crippen LogP contribution in [-0.4, -0.2) is 58.8 Å². The van der Waals surface area contributed by atoms with Crippen molar-refractivity contribution in [1.29, 1.82) is 0 Å². The third kappa shape index (κ3) is 8.43. The van der Waals surface area contributed by atoms with Gasteiger partial charge in [-0.1, -0.05) is 24.6 Å². The van der Waals surface area contributed by atoms with E-state index in [9.17, 15) is 14.7 Å². The topological polar surface area (TPSA) is 132 Å². The van der Waals surface area contributed by atoms with Crippen LogP contribution in [0.3, 0.4) is 0 Å². The maximum absolute atomic E-state index is 12.3. The Hall–Kier alpha value is -3.63. The molecule has 0 bridgehead atoms. The predicted octanol–water partition coefficient (Wildman–Crippen LogP) is 4.57. The van der Waals surface area contributed by atoms with Gasteiger partial charge in [0.2, 0.25) is 6.29 Å². The molecule has 0 amide bonds. The number of ether oxygens (including phenoxy) is 4. The van der Waals surface area contributed by atoms with Crippen LogP contribution in [0.25, 0.3) is 10.9 Å². The Morgan fingerprint density at radius 3 is 2.72 bits per heavy atom. The molecule has 0 saturated heterocycles. The van der Waals surface area contributed by atoms with Gasteiger partial charge in [-0.25, -0.2) is 9.59 Å². The summed E-state index contributed by atoms with van der Waals surface area (Å²) in [6, 6.07) is 9.36. The number of esters is 1. The SMILES string of the molecule is CC(OC(=O)COc1cccc2c(C[C@@H](C)NCC(O)c3cccnc3)c[nH]c12)OC(=O)OC1CCCCC1. The maximum Gasteiger partial charge on any atom is 0.511 e. The van der Waals surface area contributed by atoms with Crippen molar-refractivity contribution < 1.29 is 33.6 Å². The van der Waals surface area contributed by atoms with Crippen molar-refractivity contribution in [3.05, 3.63) is 60.0 Å². The Bertz CT molecular complexity index is 1210. The lowest BCUT2D eigenvalue weighted by Gasteiger charge is -2.22. The minimum atomic E-state index is -1.09. The molecule has 3 aromatic rings. The Balaban J connectivity index is 1.23. The second-order valence-electron chi connectivity index (χ2n) is 9.90. The van der Waals surface area contributed by atoms with Crippen molar-refractivity contribution >= 4 is 23.0 Å². The van der Waals surface area contributed by atoms with Gasteiger partial charge in [0.25, 0.3) is 0 Å². The fourth-order valence-corrected chi connectivity index (χ4v) is 4.74. The third-order valence-corrected chi connectivity index (χ3v) is 6.74. The van der Waals surface area contributed by atoms with Gasteiger partial charge in [-0.05, 0) is 56.7 Å².